The molecule has 4 saturated heterocycles. The Bertz CT molecular complexity index is 1090. The van der Waals surface area contributed by atoms with Crippen LogP contribution in [0.2, 0.25) is 0 Å². The summed E-state index contributed by atoms with van der Waals surface area (Å²) >= 11 is 0. The van der Waals surface area contributed by atoms with Crippen molar-refractivity contribution < 1.29 is 47.6 Å². The van der Waals surface area contributed by atoms with Crippen LogP contribution in [-0.2, 0) is 47.6 Å². The molecule has 6 aliphatic heterocycles. The van der Waals surface area contributed by atoms with Gasteiger partial charge in [-0.1, -0.05) is 24.3 Å². The summed E-state index contributed by atoms with van der Waals surface area (Å²) in [6.45, 7) is 4.41. The molecule has 8 atom stereocenters. The second kappa shape index (κ2) is 10.6. The molecular weight excluding hydrogens is 560 g/mol. The largest absolute Gasteiger partial charge is 0.378 e. The molecule has 12 nitrogen and oxygen atoms in total. The van der Waals surface area contributed by atoms with Crippen LogP contribution in [0.5, 0.6) is 0 Å². The number of carbonyl (C=O) groups is 4. The van der Waals surface area contributed by atoms with Gasteiger partial charge in [0.15, 0.2) is 0 Å². The predicted molar refractivity (Wildman–Crippen MR) is 145 cm³/mol. The van der Waals surface area contributed by atoms with Gasteiger partial charge in [-0.05, 0) is 30.1 Å². The first-order chi connectivity index (χ1) is 20.9. The number of imide groups is 2. The molecule has 4 amide bonds. The van der Waals surface area contributed by atoms with Gasteiger partial charge in [-0.15, -0.1) is 0 Å². The maximum absolute atomic E-state index is 12.6. The average Bonchev–Trinajstić information content (AvgIpc) is 3.80. The first-order valence-electron chi connectivity index (χ1n) is 15.6. The Morgan fingerprint density at radius 2 is 0.860 bits per heavy atom. The molecule has 0 aromatic rings. The molecule has 232 valence electrons. The van der Waals surface area contributed by atoms with E-state index in [2.05, 4.69) is 0 Å². The number of amides is 4. The molecule has 43 heavy (non-hydrogen) atoms. The van der Waals surface area contributed by atoms with Gasteiger partial charge in [0.1, 0.15) is 0 Å². The number of fused-ring (bicyclic) bond motifs is 10. The summed E-state index contributed by atoms with van der Waals surface area (Å²) in [6.07, 6.45) is 9.83. The number of ether oxygens (including phenoxy) is 6. The minimum atomic E-state index is -0.365. The molecule has 0 aromatic heterocycles. The number of rotatable bonds is 16. The lowest BCUT2D eigenvalue weighted by Gasteiger charge is -2.70. The number of nitrogens with zero attached hydrogens (tertiary/aromatic N) is 2. The van der Waals surface area contributed by atoms with Gasteiger partial charge in [-0.25, -0.2) is 0 Å². The fourth-order valence-corrected chi connectivity index (χ4v) is 9.04. The molecule has 0 N–H and O–H groups in total. The summed E-state index contributed by atoms with van der Waals surface area (Å²) in [7, 11) is 0. The third-order valence-electron chi connectivity index (χ3n) is 10.7. The zero-order valence-electron chi connectivity index (χ0n) is 24.1. The number of carbonyl (C=O) groups excluding carboxylic acids is 4. The SMILES string of the molecule is O=C1C2C3C=CC(O3)C2C(=O)N1CCOCCOCC12CC(COCCOCCN3C(=O)C4C5C=CC(O5)C4C3=O)(C1)C2. The van der Waals surface area contributed by atoms with Crippen molar-refractivity contribution in [2.45, 2.75) is 43.7 Å². The van der Waals surface area contributed by atoms with E-state index in [1.54, 1.807) is 0 Å². The molecule has 9 aliphatic rings. The van der Waals surface area contributed by atoms with Crippen LogP contribution in [0.15, 0.2) is 24.3 Å². The van der Waals surface area contributed by atoms with Gasteiger partial charge in [-0.3, -0.25) is 29.0 Å². The van der Waals surface area contributed by atoms with Crippen LogP contribution < -0.4 is 0 Å². The van der Waals surface area contributed by atoms with Crippen molar-refractivity contribution in [1.82, 2.24) is 9.80 Å². The summed E-state index contributed by atoms with van der Waals surface area (Å²) < 4.78 is 34.4. The lowest BCUT2D eigenvalue weighted by Crippen LogP contribution is -2.65. The summed E-state index contributed by atoms with van der Waals surface area (Å²) in [5.41, 5.74) is 0.517. The van der Waals surface area contributed by atoms with Gasteiger partial charge in [0, 0.05) is 0 Å². The molecule has 3 aliphatic carbocycles. The predicted octanol–water partition coefficient (Wildman–Crippen LogP) is 0.0999. The third-order valence-corrected chi connectivity index (χ3v) is 10.7. The lowest BCUT2D eigenvalue weighted by atomic mass is 9.35. The molecule has 0 aromatic carbocycles. The fourth-order valence-electron chi connectivity index (χ4n) is 9.04. The van der Waals surface area contributed by atoms with Crippen molar-refractivity contribution in [2.75, 3.05) is 65.9 Å². The van der Waals surface area contributed by atoms with E-state index in [0.717, 1.165) is 19.3 Å². The van der Waals surface area contributed by atoms with Crippen molar-refractivity contribution in [2.24, 2.45) is 34.5 Å². The third kappa shape index (κ3) is 4.47. The lowest BCUT2D eigenvalue weighted by molar-refractivity contribution is -0.254. The van der Waals surface area contributed by atoms with Gasteiger partial charge in [-0.2, -0.15) is 0 Å². The Hall–Kier alpha value is -2.48. The van der Waals surface area contributed by atoms with E-state index in [0.29, 0.717) is 52.9 Å². The van der Waals surface area contributed by atoms with Crippen LogP contribution in [0.1, 0.15) is 19.3 Å². The maximum Gasteiger partial charge on any atom is 0.236 e. The smallest absolute Gasteiger partial charge is 0.236 e. The first kappa shape index (κ1) is 28.0. The Balaban J connectivity index is 0.638. The van der Waals surface area contributed by atoms with Gasteiger partial charge >= 0.3 is 0 Å². The molecule has 0 spiro atoms. The molecular formula is C31H38N2O10. The fraction of sp³-hybridized carbons (Fsp3) is 0.742. The van der Waals surface area contributed by atoms with Crippen molar-refractivity contribution >= 4 is 23.6 Å². The minimum absolute atomic E-state index is 0.143. The van der Waals surface area contributed by atoms with Gasteiger partial charge in [0.25, 0.3) is 0 Å². The van der Waals surface area contributed by atoms with Crippen LogP contribution in [0, 0.1) is 34.5 Å². The highest BCUT2D eigenvalue weighted by Gasteiger charge is 2.67. The maximum atomic E-state index is 12.6. The van der Waals surface area contributed by atoms with Crippen molar-refractivity contribution in [3.05, 3.63) is 24.3 Å². The van der Waals surface area contributed by atoms with E-state index in [4.69, 9.17) is 28.4 Å². The molecule has 6 bridgehead atoms. The zero-order valence-corrected chi connectivity index (χ0v) is 24.1. The van der Waals surface area contributed by atoms with Crippen LogP contribution in [0.25, 0.3) is 0 Å². The molecule has 3 saturated carbocycles. The zero-order chi connectivity index (χ0) is 29.3. The molecule has 0 radical (unpaired) electrons. The number of hydrogen-bond donors (Lipinski definition) is 0. The molecule has 6 heterocycles. The van der Waals surface area contributed by atoms with Crippen molar-refractivity contribution in [3.63, 3.8) is 0 Å². The van der Waals surface area contributed by atoms with Crippen LogP contribution in [0.4, 0.5) is 0 Å². The van der Waals surface area contributed by atoms with Crippen LogP contribution in [-0.4, -0.2) is 124 Å². The topological polar surface area (TPSA) is 130 Å². The van der Waals surface area contributed by atoms with Crippen molar-refractivity contribution in [1.29, 1.82) is 0 Å². The van der Waals surface area contributed by atoms with E-state index in [9.17, 15) is 19.2 Å². The minimum Gasteiger partial charge on any atom is -0.378 e. The van der Waals surface area contributed by atoms with Crippen LogP contribution >= 0.6 is 0 Å². The van der Waals surface area contributed by atoms with Crippen molar-refractivity contribution in [3.8, 4) is 0 Å². The summed E-state index contributed by atoms with van der Waals surface area (Å²) in [4.78, 5) is 53.2. The van der Waals surface area contributed by atoms with E-state index in [-0.39, 0.29) is 95.6 Å². The highest BCUT2D eigenvalue weighted by molar-refractivity contribution is 6.07. The quantitative estimate of drug-likeness (QED) is 0.137. The highest BCUT2D eigenvalue weighted by Crippen LogP contribution is 2.73. The Labute approximate surface area is 249 Å². The van der Waals surface area contributed by atoms with E-state index < -0.39 is 0 Å². The molecule has 8 unspecified atom stereocenters. The Morgan fingerprint density at radius 1 is 0.535 bits per heavy atom. The average molecular weight is 599 g/mol. The summed E-state index contributed by atoms with van der Waals surface area (Å²) in [6, 6.07) is 0. The standard InChI is InChI=1S/C31H38N2O10/c34-26-22-18-1-2-19(42-18)23(22)27(35)32(26)5-7-38-9-11-40-16-30-13-31(14-30,15-30)17-41-12-10-39-8-6-33-28(36)24-20-3-4-21(43-20)25(24)29(33)37/h1-4,18-25H,5-17H2. The normalized spacial score (nSPS) is 42.4. The van der Waals surface area contributed by atoms with E-state index >= 15 is 0 Å². The Kier molecular flexibility index (Phi) is 6.88. The van der Waals surface area contributed by atoms with E-state index in [1.165, 1.54) is 9.80 Å². The molecule has 9 rings (SSSR count). The second-order valence-corrected chi connectivity index (χ2v) is 13.5. The molecule has 7 fully saturated rings. The van der Waals surface area contributed by atoms with Gasteiger partial charge in [0.05, 0.1) is 114 Å². The Morgan fingerprint density at radius 3 is 1.21 bits per heavy atom. The van der Waals surface area contributed by atoms with Gasteiger partial charge in [0.2, 0.25) is 23.6 Å². The number of hydrogen-bond acceptors (Lipinski definition) is 10. The highest BCUT2D eigenvalue weighted by atomic mass is 16.5. The monoisotopic (exact) mass is 598 g/mol. The summed E-state index contributed by atoms with van der Waals surface area (Å²) in [5, 5.41) is 0. The van der Waals surface area contributed by atoms with E-state index in [1.807, 2.05) is 24.3 Å². The molecule has 12 heteroatoms. The number of likely N-dealkylation sites (tertiary alicyclic amines) is 2. The van der Waals surface area contributed by atoms with Gasteiger partial charge < -0.3 is 28.4 Å². The van der Waals surface area contributed by atoms with Crippen LogP contribution in [0.3, 0.4) is 0 Å². The summed E-state index contributed by atoms with van der Waals surface area (Å²) in [5.74, 6) is -2.03. The second-order valence-electron chi connectivity index (χ2n) is 13.5. The first-order valence-corrected chi connectivity index (χ1v) is 15.6.